The number of hydrogen-bond donors (Lipinski definition) is 6. The molecule has 1 aliphatic heterocycles. The number of phenols is 1. The predicted octanol–water partition coefficient (Wildman–Crippen LogP) is 2.24. The number of amides is 2. The van der Waals surface area contributed by atoms with Crippen LogP contribution in [0.1, 0.15) is 28.4 Å². The van der Waals surface area contributed by atoms with Gasteiger partial charge in [0.25, 0.3) is 5.91 Å². The van der Waals surface area contributed by atoms with Crippen molar-refractivity contribution in [2.75, 3.05) is 25.0 Å². The molecule has 174 valence electrons. The maximum Gasteiger partial charge on any atom is 0.305 e. The number of hydrogen-bond acceptors (Lipinski definition) is 7. The molecule has 33 heavy (non-hydrogen) atoms. The van der Waals surface area contributed by atoms with Crippen molar-refractivity contribution >= 4 is 57.0 Å². The van der Waals surface area contributed by atoms with E-state index in [1.165, 1.54) is 12.1 Å². The maximum absolute atomic E-state index is 12.5. The van der Waals surface area contributed by atoms with E-state index in [-0.39, 0.29) is 20.8 Å². The minimum atomic E-state index is -1.19. The molecule has 10 nitrogen and oxygen atoms in total. The van der Waals surface area contributed by atoms with E-state index in [9.17, 15) is 24.6 Å². The van der Waals surface area contributed by atoms with Crippen LogP contribution in [0.25, 0.3) is 0 Å². The van der Waals surface area contributed by atoms with Gasteiger partial charge < -0.3 is 31.5 Å². The highest BCUT2D eigenvalue weighted by atomic mass is 79.9. The lowest BCUT2D eigenvalue weighted by atomic mass is 10.0. The molecule has 2 amide bonds. The first-order chi connectivity index (χ1) is 15.7. The van der Waals surface area contributed by atoms with Crippen molar-refractivity contribution in [2.45, 2.75) is 12.5 Å². The molecule has 0 fully saturated rings. The van der Waals surface area contributed by atoms with Crippen LogP contribution in [0.4, 0.5) is 5.69 Å². The number of carbonyl (C=O) groups excluding carboxylic acids is 2. The number of aliphatic imine (C=N–C) groups is 1. The second-order valence-electron chi connectivity index (χ2n) is 7.09. The first-order valence-electron chi connectivity index (χ1n) is 9.85. The van der Waals surface area contributed by atoms with Crippen LogP contribution in [0, 0.1) is 0 Å². The molecular weight excluding hydrogens is 518 g/mol. The molecule has 2 aromatic rings. The summed E-state index contributed by atoms with van der Waals surface area (Å²) in [6.45, 7) is 1.01. The quantitative estimate of drug-likeness (QED) is 0.301. The Morgan fingerprint density at radius 2 is 2.03 bits per heavy atom. The third-order valence-corrected chi connectivity index (χ3v) is 5.44. The van der Waals surface area contributed by atoms with Crippen LogP contribution in [0.2, 0.25) is 5.02 Å². The lowest BCUT2D eigenvalue weighted by Crippen LogP contribution is -2.39. The van der Waals surface area contributed by atoms with E-state index >= 15 is 0 Å². The van der Waals surface area contributed by atoms with E-state index in [2.05, 4.69) is 42.2 Å². The number of carboxylic acid groups (broad SMARTS) is 1. The molecule has 3 rings (SSSR count). The van der Waals surface area contributed by atoms with Gasteiger partial charge >= 0.3 is 5.97 Å². The van der Waals surface area contributed by atoms with Crippen LogP contribution in [0.5, 0.6) is 5.75 Å². The Morgan fingerprint density at radius 3 is 2.73 bits per heavy atom. The fourth-order valence-electron chi connectivity index (χ4n) is 3.13. The van der Waals surface area contributed by atoms with E-state index in [0.29, 0.717) is 23.8 Å². The molecular formula is C21H21BrClN5O5. The van der Waals surface area contributed by atoms with Gasteiger partial charge in [0.1, 0.15) is 5.75 Å². The number of aliphatic carboxylic acids is 1. The standard InChI is InChI=1S/C21H21BrClN5O5/c22-15-8-12(23)7-14(19(15)32)16(9-18(30)31)28-17(29)10-26-20(33)11-2-1-3-13(6-11)27-21-24-4-5-25-21/h1-3,6-8,16,32H,4-5,9-10H2,(H,26,33)(H,28,29)(H,30,31)(H2,24,25,27)/t16-/m1/s1. The van der Waals surface area contributed by atoms with Gasteiger partial charge in [0.2, 0.25) is 5.91 Å². The molecule has 12 heteroatoms. The SMILES string of the molecule is O=C(O)C[C@@H](NC(=O)CNC(=O)c1cccc(NC2=NCCN2)c1)c1cc(Cl)cc(Br)c1O. The number of guanidine groups is 1. The summed E-state index contributed by atoms with van der Waals surface area (Å²) in [5.41, 5.74) is 1.12. The Kier molecular flexibility index (Phi) is 8.12. The normalized spacial score (nSPS) is 13.5. The third-order valence-electron chi connectivity index (χ3n) is 4.62. The average Bonchev–Trinajstić information content (AvgIpc) is 3.27. The fourth-order valence-corrected chi connectivity index (χ4v) is 3.96. The van der Waals surface area contributed by atoms with Crippen LogP contribution in [-0.4, -0.2) is 53.6 Å². The number of anilines is 1. The van der Waals surface area contributed by atoms with Crippen molar-refractivity contribution in [3.63, 3.8) is 0 Å². The molecule has 0 radical (unpaired) electrons. The summed E-state index contributed by atoms with van der Waals surface area (Å²) >= 11 is 9.14. The van der Waals surface area contributed by atoms with Crippen molar-refractivity contribution in [1.29, 1.82) is 0 Å². The molecule has 0 saturated heterocycles. The Bertz CT molecular complexity index is 1110. The summed E-state index contributed by atoms with van der Waals surface area (Å²) in [5.74, 6) is -1.93. The van der Waals surface area contributed by atoms with Gasteiger partial charge in [-0.2, -0.15) is 0 Å². The molecule has 1 atom stereocenters. The highest BCUT2D eigenvalue weighted by Gasteiger charge is 2.23. The van der Waals surface area contributed by atoms with Gasteiger partial charge in [-0.15, -0.1) is 0 Å². The Morgan fingerprint density at radius 1 is 1.24 bits per heavy atom. The maximum atomic E-state index is 12.5. The second-order valence-corrected chi connectivity index (χ2v) is 8.38. The second kappa shape index (κ2) is 11.0. The number of nitrogens with zero attached hydrogens (tertiary/aromatic N) is 1. The number of carbonyl (C=O) groups is 3. The van der Waals surface area contributed by atoms with Crippen molar-refractivity contribution < 1.29 is 24.6 Å². The van der Waals surface area contributed by atoms with E-state index in [0.717, 1.165) is 6.54 Å². The Balaban J connectivity index is 1.63. The summed E-state index contributed by atoms with van der Waals surface area (Å²) in [5, 5.41) is 30.9. The van der Waals surface area contributed by atoms with E-state index < -0.39 is 36.8 Å². The van der Waals surface area contributed by atoms with Crippen LogP contribution in [-0.2, 0) is 9.59 Å². The minimum absolute atomic E-state index is 0.138. The minimum Gasteiger partial charge on any atom is -0.506 e. The first kappa shape index (κ1) is 24.3. The summed E-state index contributed by atoms with van der Waals surface area (Å²) in [4.78, 5) is 40.4. The largest absolute Gasteiger partial charge is 0.506 e. The third kappa shape index (κ3) is 6.83. The number of carboxylic acids is 1. The van der Waals surface area contributed by atoms with Crippen molar-refractivity contribution in [3.8, 4) is 5.75 Å². The van der Waals surface area contributed by atoms with Gasteiger partial charge in [0.15, 0.2) is 5.96 Å². The van der Waals surface area contributed by atoms with Gasteiger partial charge in [0, 0.05) is 28.4 Å². The van der Waals surface area contributed by atoms with Crippen molar-refractivity contribution in [2.24, 2.45) is 4.99 Å². The summed E-state index contributed by atoms with van der Waals surface area (Å²) < 4.78 is 0.259. The molecule has 2 aromatic carbocycles. The summed E-state index contributed by atoms with van der Waals surface area (Å²) in [6, 6.07) is 8.43. The molecule has 1 heterocycles. The van der Waals surface area contributed by atoms with Gasteiger partial charge in [-0.1, -0.05) is 17.7 Å². The topological polar surface area (TPSA) is 152 Å². The molecule has 0 spiro atoms. The zero-order valence-corrected chi connectivity index (χ0v) is 19.5. The van der Waals surface area contributed by atoms with Crippen LogP contribution in [0.15, 0.2) is 45.9 Å². The number of benzene rings is 2. The van der Waals surface area contributed by atoms with Gasteiger partial charge in [-0.05, 0) is 46.3 Å². The lowest BCUT2D eigenvalue weighted by Gasteiger charge is -2.20. The molecule has 0 saturated carbocycles. The number of aromatic hydroxyl groups is 1. The van der Waals surface area contributed by atoms with E-state index in [1.54, 1.807) is 24.3 Å². The van der Waals surface area contributed by atoms with Gasteiger partial charge in [0.05, 0.1) is 30.0 Å². The zero-order valence-electron chi connectivity index (χ0n) is 17.2. The average molecular weight is 539 g/mol. The van der Waals surface area contributed by atoms with Gasteiger partial charge in [-0.3, -0.25) is 19.4 Å². The number of halogens is 2. The molecule has 0 aliphatic carbocycles. The predicted molar refractivity (Wildman–Crippen MR) is 127 cm³/mol. The number of phenolic OH excluding ortho intramolecular Hbond substituents is 1. The summed E-state index contributed by atoms with van der Waals surface area (Å²) in [6.07, 6.45) is -0.494. The monoisotopic (exact) mass is 537 g/mol. The van der Waals surface area contributed by atoms with E-state index in [1.807, 2.05) is 0 Å². The lowest BCUT2D eigenvalue weighted by molar-refractivity contribution is -0.137. The Labute approximate surface area is 202 Å². The van der Waals surface area contributed by atoms with Crippen LogP contribution >= 0.6 is 27.5 Å². The first-order valence-corrected chi connectivity index (χ1v) is 11.0. The Hall–Kier alpha value is -3.31. The number of nitrogens with one attached hydrogen (secondary N) is 4. The molecule has 1 aliphatic rings. The highest BCUT2D eigenvalue weighted by Crippen LogP contribution is 2.36. The smallest absolute Gasteiger partial charge is 0.305 e. The van der Waals surface area contributed by atoms with Crippen LogP contribution < -0.4 is 21.3 Å². The molecule has 0 aromatic heterocycles. The summed E-state index contributed by atoms with van der Waals surface area (Å²) in [7, 11) is 0. The number of rotatable bonds is 8. The van der Waals surface area contributed by atoms with Crippen molar-refractivity contribution in [1.82, 2.24) is 16.0 Å². The molecule has 6 N–H and O–H groups in total. The zero-order chi connectivity index (χ0) is 24.0. The molecule has 0 bridgehead atoms. The molecule has 0 unspecified atom stereocenters. The highest BCUT2D eigenvalue weighted by molar-refractivity contribution is 9.10. The fraction of sp³-hybridized carbons (Fsp3) is 0.238. The van der Waals surface area contributed by atoms with Crippen molar-refractivity contribution in [3.05, 3.63) is 57.0 Å². The van der Waals surface area contributed by atoms with E-state index in [4.69, 9.17) is 11.6 Å². The van der Waals surface area contributed by atoms with Crippen LogP contribution in [0.3, 0.4) is 0 Å². The van der Waals surface area contributed by atoms with Gasteiger partial charge in [-0.25, -0.2) is 0 Å².